The van der Waals surface area contributed by atoms with Crippen LogP contribution in [0.25, 0.3) is 0 Å². The molecule has 0 radical (unpaired) electrons. The Labute approximate surface area is 246 Å². The van der Waals surface area contributed by atoms with Crippen molar-refractivity contribution in [3.63, 3.8) is 0 Å². The molecule has 0 N–H and O–H groups in total. The van der Waals surface area contributed by atoms with Gasteiger partial charge in [0.2, 0.25) is 0 Å². The van der Waals surface area contributed by atoms with Gasteiger partial charge in [-0.15, -0.1) is 0 Å². The second-order valence-electron chi connectivity index (χ2n) is 11.9. The number of hydrogen-bond donors (Lipinski definition) is 0. The van der Waals surface area contributed by atoms with Gasteiger partial charge in [-0.3, -0.25) is 0 Å². The molecule has 0 spiro atoms. The minimum atomic E-state index is -0.219. The summed E-state index contributed by atoms with van der Waals surface area (Å²) in [6, 6.07) is 56.2. The summed E-state index contributed by atoms with van der Waals surface area (Å²) in [4.78, 5) is 0. The van der Waals surface area contributed by atoms with Crippen LogP contribution in [0.2, 0.25) is 0 Å². The molecule has 192 valence electrons. The van der Waals surface area contributed by atoms with E-state index in [1.54, 1.807) is 0 Å². The molecule has 0 unspecified atom stereocenters. The van der Waals surface area contributed by atoms with Crippen molar-refractivity contribution >= 4 is 15.0 Å². The normalized spacial score (nSPS) is 24.9. The molecule has 6 aromatic carbocycles. The Bertz CT molecular complexity index is 1690. The molecule has 1 heteroatoms. The number of benzene rings is 6. The van der Waals surface area contributed by atoms with Gasteiger partial charge in [0.25, 0.3) is 0 Å². The average molecular weight is 586 g/mol. The molecule has 0 atom stereocenters. The van der Waals surface area contributed by atoms with Crippen molar-refractivity contribution in [2.45, 2.75) is 20.5 Å². The first-order chi connectivity index (χ1) is 20.3. The Morgan fingerprint density at radius 1 is 0.293 bits per heavy atom. The van der Waals surface area contributed by atoms with Crippen LogP contribution in [-0.2, 0) is 8.63 Å². The third kappa shape index (κ3) is 2.51. The summed E-state index contributed by atoms with van der Waals surface area (Å²) >= 11 is 0.0431. The van der Waals surface area contributed by atoms with Crippen molar-refractivity contribution in [3.8, 4) is 0 Å². The second-order valence-corrected chi connectivity index (χ2v) is 14.9. The Hall–Kier alpha value is -4.16. The van der Waals surface area contributed by atoms with Crippen molar-refractivity contribution in [2.75, 3.05) is 0 Å². The first kappa shape index (κ1) is 22.5. The van der Waals surface area contributed by atoms with E-state index in [0.717, 1.165) is 0 Å². The van der Waals surface area contributed by atoms with Gasteiger partial charge in [0.15, 0.2) is 0 Å². The van der Waals surface area contributed by atoms with E-state index in [1.165, 1.54) is 66.8 Å². The van der Waals surface area contributed by atoms with Crippen LogP contribution in [0.5, 0.6) is 0 Å². The molecule has 0 aliphatic heterocycles. The molecule has 41 heavy (non-hydrogen) atoms. The van der Waals surface area contributed by atoms with Crippen LogP contribution in [0, 0.1) is 0 Å². The first-order valence-electron chi connectivity index (χ1n) is 14.6. The molecule has 0 saturated carbocycles. The fourth-order valence-corrected chi connectivity index (χ4v) is 13.5. The van der Waals surface area contributed by atoms with Crippen LogP contribution in [0.15, 0.2) is 146 Å². The van der Waals surface area contributed by atoms with Crippen molar-refractivity contribution in [2.24, 2.45) is 0 Å². The summed E-state index contributed by atoms with van der Waals surface area (Å²) in [5.41, 5.74) is 18.0. The molecule has 0 fully saturated rings. The minimum absolute atomic E-state index is 0.0431. The SMILES string of the molecule is c1ccc2c(c1)C1c3ccccc3C2([Se]C23c4ccccc4C(c4ccccc42)c2ccccc23)c2ccccc21. The van der Waals surface area contributed by atoms with E-state index >= 15 is 0 Å². The number of hydrogen-bond acceptors (Lipinski definition) is 0. The Kier molecular flexibility index (Phi) is 4.27. The molecule has 0 saturated heterocycles. The predicted molar refractivity (Wildman–Crippen MR) is 166 cm³/mol. The van der Waals surface area contributed by atoms with E-state index in [9.17, 15) is 0 Å². The summed E-state index contributed by atoms with van der Waals surface area (Å²) in [7, 11) is 0. The molecule has 0 aromatic heterocycles. The monoisotopic (exact) mass is 586 g/mol. The summed E-state index contributed by atoms with van der Waals surface area (Å²) in [6.45, 7) is 0. The standard InChI is InChI=1S/C40H26Se/c1-7-19-31-25(13-1)37-26-14-2-8-20-32(26)39(31,33-21-9-3-15-27(33)37)41-40-34-22-10-4-16-28(34)38(29-17-5-11-23-35(29)40)30-18-6-12-24-36(30)40/h1-24,37-38H. The van der Waals surface area contributed by atoms with Crippen LogP contribution < -0.4 is 0 Å². The van der Waals surface area contributed by atoms with Gasteiger partial charge >= 0.3 is 248 Å². The molecule has 0 amide bonds. The maximum absolute atomic E-state index is 2.45. The maximum atomic E-state index is 2.45. The zero-order valence-corrected chi connectivity index (χ0v) is 24.1. The summed E-state index contributed by atoms with van der Waals surface area (Å²) in [5.74, 6) is 0.588. The quantitative estimate of drug-likeness (QED) is 0.180. The number of rotatable bonds is 2. The van der Waals surface area contributed by atoms with Crippen LogP contribution >= 0.6 is 0 Å². The topological polar surface area (TPSA) is 0 Å². The van der Waals surface area contributed by atoms with Crippen molar-refractivity contribution in [3.05, 3.63) is 212 Å². The third-order valence-corrected chi connectivity index (χ3v) is 14.3. The third-order valence-electron chi connectivity index (χ3n) is 10.2. The van der Waals surface area contributed by atoms with Gasteiger partial charge in [-0.1, -0.05) is 0 Å². The van der Waals surface area contributed by atoms with Gasteiger partial charge in [0, 0.05) is 0 Å². The van der Waals surface area contributed by atoms with Crippen LogP contribution in [0.3, 0.4) is 0 Å². The van der Waals surface area contributed by atoms with E-state index in [-0.39, 0.29) is 23.6 Å². The summed E-state index contributed by atoms with van der Waals surface area (Å²) < 4.78 is -0.438. The molecule has 0 nitrogen and oxygen atoms in total. The fourth-order valence-electron chi connectivity index (χ4n) is 8.85. The molecule has 4 bridgehead atoms. The Morgan fingerprint density at radius 2 is 0.488 bits per heavy atom. The van der Waals surface area contributed by atoms with Crippen LogP contribution in [-0.4, -0.2) is 15.0 Å². The van der Waals surface area contributed by atoms with E-state index in [4.69, 9.17) is 0 Å². The molecular formula is C40H26Se. The van der Waals surface area contributed by atoms with Gasteiger partial charge in [-0.25, -0.2) is 0 Å². The summed E-state index contributed by atoms with van der Waals surface area (Å²) in [5, 5.41) is 0. The zero-order chi connectivity index (χ0) is 26.8. The second kappa shape index (κ2) is 7.77. The Morgan fingerprint density at radius 3 is 0.707 bits per heavy atom. The van der Waals surface area contributed by atoms with E-state index in [0.29, 0.717) is 11.8 Å². The van der Waals surface area contributed by atoms with Crippen molar-refractivity contribution in [1.82, 2.24) is 0 Å². The van der Waals surface area contributed by atoms with Gasteiger partial charge < -0.3 is 0 Å². The molecule has 6 aliphatic rings. The molecule has 6 aromatic rings. The van der Waals surface area contributed by atoms with Gasteiger partial charge in [0.05, 0.1) is 0 Å². The Balaban J connectivity index is 1.39. The van der Waals surface area contributed by atoms with Crippen molar-refractivity contribution in [1.29, 1.82) is 0 Å². The first-order valence-corrected chi connectivity index (χ1v) is 16.3. The molecular weight excluding hydrogens is 559 g/mol. The zero-order valence-electron chi connectivity index (χ0n) is 22.4. The summed E-state index contributed by atoms with van der Waals surface area (Å²) in [6.07, 6.45) is 0. The van der Waals surface area contributed by atoms with Crippen LogP contribution in [0.1, 0.15) is 78.6 Å². The molecule has 6 aliphatic carbocycles. The van der Waals surface area contributed by atoms with Crippen molar-refractivity contribution < 1.29 is 0 Å². The van der Waals surface area contributed by atoms with Gasteiger partial charge in [-0.2, -0.15) is 0 Å². The van der Waals surface area contributed by atoms with E-state index in [2.05, 4.69) is 146 Å². The molecule has 12 rings (SSSR count). The average Bonchev–Trinajstić information content (AvgIpc) is 3.05. The van der Waals surface area contributed by atoms with Gasteiger partial charge in [-0.05, 0) is 0 Å². The van der Waals surface area contributed by atoms with Gasteiger partial charge in [0.1, 0.15) is 0 Å². The van der Waals surface area contributed by atoms with E-state index < -0.39 is 0 Å². The van der Waals surface area contributed by atoms with E-state index in [1.807, 2.05) is 0 Å². The fraction of sp³-hybridized carbons (Fsp3) is 0.100. The predicted octanol–water partition coefficient (Wildman–Crippen LogP) is 8.29. The molecule has 0 heterocycles. The van der Waals surface area contributed by atoms with Crippen LogP contribution in [0.4, 0.5) is 0 Å².